The molecule has 8 heteroatoms. The third kappa shape index (κ3) is 5.69. The van der Waals surface area contributed by atoms with Gasteiger partial charge in [-0.25, -0.2) is 4.98 Å². The zero-order valence-electron chi connectivity index (χ0n) is 16.4. The van der Waals surface area contributed by atoms with Crippen LogP contribution in [0.25, 0.3) is 10.6 Å². The van der Waals surface area contributed by atoms with E-state index in [9.17, 15) is 4.79 Å². The van der Waals surface area contributed by atoms with Gasteiger partial charge in [0.2, 0.25) is 5.91 Å². The molecule has 2 aromatic carbocycles. The van der Waals surface area contributed by atoms with Gasteiger partial charge in [0.25, 0.3) is 0 Å². The summed E-state index contributed by atoms with van der Waals surface area (Å²) in [6.07, 6.45) is 0. The predicted octanol–water partition coefficient (Wildman–Crippen LogP) is 4.55. The van der Waals surface area contributed by atoms with Crippen LogP contribution in [-0.4, -0.2) is 43.6 Å². The highest BCUT2D eigenvalue weighted by molar-refractivity contribution is 7.13. The van der Waals surface area contributed by atoms with Crippen LogP contribution < -0.4 is 14.8 Å². The van der Waals surface area contributed by atoms with Crippen LogP contribution in [0.4, 0.5) is 5.69 Å². The molecule has 0 aliphatic heterocycles. The number of nitrogens with zero attached hydrogens (tertiary/aromatic N) is 2. The van der Waals surface area contributed by atoms with Crippen molar-refractivity contribution in [1.29, 1.82) is 0 Å². The molecule has 6 nitrogen and oxygen atoms in total. The molecule has 0 bridgehead atoms. The van der Waals surface area contributed by atoms with Gasteiger partial charge < -0.3 is 14.8 Å². The summed E-state index contributed by atoms with van der Waals surface area (Å²) in [5.41, 5.74) is 2.46. The van der Waals surface area contributed by atoms with Gasteiger partial charge in [-0.2, -0.15) is 0 Å². The number of aromatic nitrogens is 1. The topological polar surface area (TPSA) is 63.7 Å². The van der Waals surface area contributed by atoms with Crippen LogP contribution in [0.3, 0.4) is 0 Å². The number of hydrogen-bond donors (Lipinski definition) is 1. The van der Waals surface area contributed by atoms with Crippen LogP contribution in [0.5, 0.6) is 11.5 Å². The summed E-state index contributed by atoms with van der Waals surface area (Å²) in [5, 5.41) is 6.29. The maximum atomic E-state index is 12.4. The van der Waals surface area contributed by atoms with Crippen LogP contribution in [0.2, 0.25) is 5.02 Å². The minimum absolute atomic E-state index is 0.156. The number of ether oxygens (including phenoxy) is 2. The normalized spacial score (nSPS) is 10.8. The molecule has 0 saturated carbocycles. The molecule has 1 heterocycles. The second kappa shape index (κ2) is 9.73. The van der Waals surface area contributed by atoms with Crippen molar-refractivity contribution in [3.63, 3.8) is 0 Å². The lowest BCUT2D eigenvalue weighted by Crippen LogP contribution is -2.30. The fourth-order valence-corrected chi connectivity index (χ4v) is 3.79. The smallest absolute Gasteiger partial charge is 0.238 e. The molecule has 29 heavy (non-hydrogen) atoms. The summed E-state index contributed by atoms with van der Waals surface area (Å²) in [6.45, 7) is 0.766. The summed E-state index contributed by atoms with van der Waals surface area (Å²) in [7, 11) is 5.07. The molecular weight excluding hydrogens is 410 g/mol. The summed E-state index contributed by atoms with van der Waals surface area (Å²) in [4.78, 5) is 19.0. The summed E-state index contributed by atoms with van der Waals surface area (Å²) < 4.78 is 10.5. The third-order valence-corrected chi connectivity index (χ3v) is 5.32. The van der Waals surface area contributed by atoms with Crippen molar-refractivity contribution in [3.05, 3.63) is 58.6 Å². The van der Waals surface area contributed by atoms with E-state index in [0.717, 1.165) is 22.0 Å². The lowest BCUT2D eigenvalue weighted by Gasteiger charge is -2.16. The highest BCUT2D eigenvalue weighted by Crippen LogP contribution is 2.28. The van der Waals surface area contributed by atoms with Crippen LogP contribution >= 0.6 is 22.9 Å². The monoisotopic (exact) mass is 431 g/mol. The lowest BCUT2D eigenvalue weighted by molar-refractivity contribution is -0.117. The van der Waals surface area contributed by atoms with E-state index in [2.05, 4.69) is 10.3 Å². The maximum Gasteiger partial charge on any atom is 0.238 e. The standard InChI is InChI=1S/C21H22ClN3O3S/c1-25(12-20(26)24-18-10-15(22)7-8-19(18)28-3)11-16-13-29-21(23-16)14-5-4-6-17(9-14)27-2/h4-10,13H,11-12H2,1-3H3,(H,24,26). The number of methoxy groups -OCH3 is 2. The minimum Gasteiger partial charge on any atom is -0.497 e. The Morgan fingerprint density at radius 3 is 2.79 bits per heavy atom. The van der Waals surface area contributed by atoms with Gasteiger partial charge in [0, 0.05) is 22.5 Å². The van der Waals surface area contributed by atoms with Gasteiger partial charge in [-0.15, -0.1) is 11.3 Å². The number of hydrogen-bond acceptors (Lipinski definition) is 6. The highest BCUT2D eigenvalue weighted by atomic mass is 35.5. The molecule has 1 amide bonds. The van der Waals surface area contributed by atoms with Crippen molar-refractivity contribution in [2.24, 2.45) is 0 Å². The molecule has 0 fully saturated rings. The van der Waals surface area contributed by atoms with Crippen LogP contribution in [0.1, 0.15) is 5.69 Å². The van der Waals surface area contributed by atoms with Gasteiger partial charge in [0.05, 0.1) is 32.1 Å². The van der Waals surface area contributed by atoms with E-state index in [1.54, 1.807) is 43.8 Å². The highest BCUT2D eigenvalue weighted by Gasteiger charge is 2.13. The molecule has 0 radical (unpaired) electrons. The fourth-order valence-electron chi connectivity index (χ4n) is 2.81. The number of anilines is 1. The van der Waals surface area contributed by atoms with Crippen molar-refractivity contribution in [3.8, 4) is 22.1 Å². The molecule has 3 rings (SSSR count). The van der Waals surface area contributed by atoms with Gasteiger partial charge in [-0.1, -0.05) is 23.7 Å². The van der Waals surface area contributed by atoms with E-state index < -0.39 is 0 Å². The van der Waals surface area contributed by atoms with E-state index in [1.807, 2.05) is 41.6 Å². The Labute approximate surface area is 179 Å². The van der Waals surface area contributed by atoms with Crippen LogP contribution in [0.15, 0.2) is 47.8 Å². The average Bonchev–Trinajstić information content (AvgIpc) is 3.16. The maximum absolute atomic E-state index is 12.4. The Morgan fingerprint density at radius 1 is 1.21 bits per heavy atom. The van der Waals surface area contributed by atoms with Crippen molar-refractivity contribution in [2.75, 3.05) is 33.1 Å². The molecular formula is C21H22ClN3O3S. The fraction of sp³-hybridized carbons (Fsp3) is 0.238. The summed E-state index contributed by atoms with van der Waals surface area (Å²) >= 11 is 7.58. The SMILES string of the molecule is COc1cccc(-c2nc(CN(C)CC(=O)Nc3cc(Cl)ccc3OC)cs2)c1. The Kier molecular flexibility index (Phi) is 7.09. The molecule has 3 aromatic rings. The minimum atomic E-state index is -0.156. The number of rotatable bonds is 8. The first-order valence-electron chi connectivity index (χ1n) is 8.89. The van der Waals surface area contributed by atoms with E-state index in [-0.39, 0.29) is 12.5 Å². The molecule has 1 aromatic heterocycles. The first kappa shape index (κ1) is 21.1. The number of likely N-dealkylation sites (N-methyl/N-ethyl adjacent to an activating group) is 1. The Morgan fingerprint density at radius 2 is 2.03 bits per heavy atom. The quantitative estimate of drug-likeness (QED) is 0.566. The van der Waals surface area contributed by atoms with Gasteiger partial charge in [-0.3, -0.25) is 9.69 Å². The molecule has 152 valence electrons. The number of carbonyl (C=O) groups is 1. The number of carbonyl (C=O) groups excluding carboxylic acids is 1. The second-order valence-corrected chi connectivity index (χ2v) is 7.74. The molecule has 0 saturated heterocycles. The molecule has 0 spiro atoms. The first-order chi connectivity index (χ1) is 14.0. The molecule has 0 atom stereocenters. The number of halogens is 1. The molecule has 0 aliphatic carbocycles. The Hall–Kier alpha value is -2.61. The third-order valence-electron chi connectivity index (χ3n) is 4.15. The largest absolute Gasteiger partial charge is 0.497 e. The van der Waals surface area contributed by atoms with E-state index >= 15 is 0 Å². The van der Waals surface area contributed by atoms with Gasteiger partial charge in [-0.05, 0) is 37.4 Å². The lowest BCUT2D eigenvalue weighted by atomic mass is 10.2. The summed E-state index contributed by atoms with van der Waals surface area (Å²) in [6, 6.07) is 12.9. The van der Waals surface area contributed by atoms with Gasteiger partial charge in [0.1, 0.15) is 16.5 Å². The van der Waals surface area contributed by atoms with Crippen molar-refractivity contribution < 1.29 is 14.3 Å². The van der Waals surface area contributed by atoms with E-state index in [0.29, 0.717) is 23.0 Å². The zero-order chi connectivity index (χ0) is 20.8. The molecule has 0 aliphatic rings. The summed E-state index contributed by atoms with van der Waals surface area (Å²) in [5.74, 6) is 1.20. The number of benzene rings is 2. The van der Waals surface area contributed by atoms with Crippen molar-refractivity contribution in [2.45, 2.75) is 6.54 Å². The van der Waals surface area contributed by atoms with E-state index in [4.69, 9.17) is 21.1 Å². The predicted molar refractivity (Wildman–Crippen MR) is 117 cm³/mol. The van der Waals surface area contributed by atoms with Gasteiger partial charge in [0.15, 0.2) is 0 Å². The second-order valence-electron chi connectivity index (χ2n) is 6.44. The van der Waals surface area contributed by atoms with Crippen LogP contribution in [-0.2, 0) is 11.3 Å². The number of thiazole rings is 1. The Bertz CT molecular complexity index is 993. The average molecular weight is 432 g/mol. The Balaban J connectivity index is 1.59. The van der Waals surface area contributed by atoms with Gasteiger partial charge >= 0.3 is 0 Å². The van der Waals surface area contributed by atoms with Crippen molar-refractivity contribution in [1.82, 2.24) is 9.88 Å². The van der Waals surface area contributed by atoms with E-state index in [1.165, 1.54) is 0 Å². The first-order valence-corrected chi connectivity index (χ1v) is 10.1. The van der Waals surface area contributed by atoms with Crippen molar-refractivity contribution >= 4 is 34.5 Å². The molecule has 0 unspecified atom stereocenters. The van der Waals surface area contributed by atoms with Crippen LogP contribution in [0, 0.1) is 0 Å². The number of amides is 1. The molecule has 1 N–H and O–H groups in total. The zero-order valence-corrected chi connectivity index (χ0v) is 18.0. The number of nitrogens with one attached hydrogen (secondary N) is 1.